The largest absolute Gasteiger partial charge is 0.490 e. The smallest absolute Gasteiger partial charge is 0.339 e. The zero-order chi connectivity index (χ0) is 22.3. The van der Waals surface area contributed by atoms with E-state index in [-0.39, 0.29) is 10.6 Å². The van der Waals surface area contributed by atoms with Crippen molar-refractivity contribution in [3.8, 4) is 11.5 Å². The molecule has 0 radical (unpaired) electrons. The van der Waals surface area contributed by atoms with Crippen LogP contribution in [0, 0.1) is 0 Å². The molecule has 0 aliphatic carbocycles. The van der Waals surface area contributed by atoms with E-state index < -0.39 is 10.1 Å². The van der Waals surface area contributed by atoms with E-state index in [1.165, 1.54) is 24.3 Å². The number of nitrogens with one attached hydrogen (secondary N) is 1. The van der Waals surface area contributed by atoms with E-state index in [0.29, 0.717) is 35.9 Å². The van der Waals surface area contributed by atoms with Gasteiger partial charge in [0.15, 0.2) is 11.5 Å². The fourth-order valence-corrected chi connectivity index (χ4v) is 4.11. The molecule has 0 aromatic heterocycles. The highest BCUT2D eigenvalue weighted by atomic mass is 35.5. The van der Waals surface area contributed by atoms with E-state index in [1.54, 1.807) is 12.1 Å². The summed E-state index contributed by atoms with van der Waals surface area (Å²) < 4.78 is 37.0. The van der Waals surface area contributed by atoms with E-state index in [0.717, 1.165) is 11.3 Å². The van der Waals surface area contributed by atoms with Gasteiger partial charge < -0.3 is 14.2 Å². The van der Waals surface area contributed by atoms with Gasteiger partial charge in [-0.25, -0.2) is 0 Å². The minimum Gasteiger partial charge on any atom is -0.490 e. The van der Waals surface area contributed by atoms with Crippen molar-refractivity contribution in [2.75, 3.05) is 11.9 Å². The molecule has 0 aliphatic rings. The number of para-hydroxylation sites is 1. The molecule has 1 N–H and O–H groups in total. The van der Waals surface area contributed by atoms with Crippen LogP contribution in [0.5, 0.6) is 11.5 Å². The molecular formula is C24H24ClNO4S. The number of ether oxygens (including phenoxy) is 1. The standard InChI is InChI=1S/C24H24ClNO4S/c1-3-8-19-15-18(17-26-21-9-6-5-7-10-21)16-23(29-4-2)24(19)30-31(27,28)22-13-11-20(25)12-14-22/h3,5-7,9-16,26H,1,4,8,17H2,2H3. The van der Waals surface area contributed by atoms with Crippen LogP contribution in [-0.4, -0.2) is 15.0 Å². The normalized spacial score (nSPS) is 11.0. The molecule has 5 nitrogen and oxygen atoms in total. The summed E-state index contributed by atoms with van der Waals surface area (Å²) in [6, 6.07) is 19.3. The summed E-state index contributed by atoms with van der Waals surface area (Å²) in [7, 11) is -4.07. The molecule has 0 saturated carbocycles. The molecule has 162 valence electrons. The van der Waals surface area contributed by atoms with Crippen molar-refractivity contribution < 1.29 is 17.3 Å². The summed E-state index contributed by atoms with van der Waals surface area (Å²) in [5.74, 6) is 0.532. The molecule has 3 aromatic rings. The second kappa shape index (κ2) is 10.4. The van der Waals surface area contributed by atoms with Crippen molar-refractivity contribution in [3.05, 3.63) is 95.5 Å². The Morgan fingerprint density at radius 2 is 1.77 bits per heavy atom. The number of benzene rings is 3. The Morgan fingerprint density at radius 1 is 1.06 bits per heavy atom. The highest BCUT2D eigenvalue weighted by Crippen LogP contribution is 2.36. The van der Waals surface area contributed by atoms with Crippen LogP contribution in [-0.2, 0) is 23.1 Å². The first-order valence-corrected chi connectivity index (χ1v) is 11.6. The molecule has 0 amide bonds. The Hall–Kier alpha value is -2.96. The van der Waals surface area contributed by atoms with E-state index in [2.05, 4.69) is 11.9 Å². The SMILES string of the molecule is C=CCc1cc(CNc2ccccc2)cc(OCC)c1OS(=O)(=O)c1ccc(Cl)cc1. The predicted octanol–water partition coefficient (Wildman–Crippen LogP) is 5.85. The fraction of sp³-hybridized carbons (Fsp3) is 0.167. The third-order valence-corrected chi connectivity index (χ3v) is 5.91. The third-order valence-electron chi connectivity index (χ3n) is 4.42. The zero-order valence-corrected chi connectivity index (χ0v) is 18.7. The molecule has 0 spiro atoms. The second-order valence-corrected chi connectivity index (χ2v) is 8.70. The summed E-state index contributed by atoms with van der Waals surface area (Å²) in [6.45, 7) is 6.52. The molecule has 0 aliphatic heterocycles. The Morgan fingerprint density at radius 3 is 2.42 bits per heavy atom. The van der Waals surface area contributed by atoms with Gasteiger partial charge in [0.1, 0.15) is 4.90 Å². The number of halogens is 1. The average Bonchev–Trinajstić information content (AvgIpc) is 2.76. The van der Waals surface area contributed by atoms with Gasteiger partial charge in [0.2, 0.25) is 0 Å². The topological polar surface area (TPSA) is 64.6 Å². The molecule has 3 rings (SSSR count). The molecule has 7 heteroatoms. The molecule has 31 heavy (non-hydrogen) atoms. The van der Waals surface area contributed by atoms with Crippen molar-refractivity contribution in [2.45, 2.75) is 24.8 Å². The molecule has 0 saturated heterocycles. The number of hydrogen-bond donors (Lipinski definition) is 1. The number of allylic oxidation sites excluding steroid dienone is 1. The van der Waals surface area contributed by atoms with Gasteiger partial charge in [-0.2, -0.15) is 8.42 Å². The Kier molecular flexibility index (Phi) is 7.60. The van der Waals surface area contributed by atoms with Gasteiger partial charge in [-0.15, -0.1) is 6.58 Å². The molecular weight excluding hydrogens is 434 g/mol. The molecule has 0 heterocycles. The van der Waals surface area contributed by atoms with Crippen LogP contribution in [0.15, 0.2) is 84.3 Å². The maximum absolute atomic E-state index is 12.9. The summed E-state index contributed by atoms with van der Waals surface area (Å²) in [5, 5.41) is 3.79. The van der Waals surface area contributed by atoms with Gasteiger partial charge in [-0.05, 0) is 67.4 Å². The van der Waals surface area contributed by atoms with E-state index in [4.69, 9.17) is 20.5 Å². The lowest BCUT2D eigenvalue weighted by Gasteiger charge is -2.17. The second-order valence-electron chi connectivity index (χ2n) is 6.72. The molecule has 0 bridgehead atoms. The minimum atomic E-state index is -4.07. The van der Waals surface area contributed by atoms with Gasteiger partial charge in [0, 0.05) is 22.8 Å². The van der Waals surface area contributed by atoms with E-state index in [9.17, 15) is 8.42 Å². The number of anilines is 1. The zero-order valence-electron chi connectivity index (χ0n) is 17.2. The lowest BCUT2D eigenvalue weighted by molar-refractivity contribution is 0.326. The fourth-order valence-electron chi connectivity index (χ4n) is 3.01. The quantitative estimate of drug-likeness (QED) is 0.305. The lowest BCUT2D eigenvalue weighted by Crippen LogP contribution is -2.13. The van der Waals surface area contributed by atoms with Gasteiger partial charge in [-0.3, -0.25) is 0 Å². The van der Waals surface area contributed by atoms with Gasteiger partial charge >= 0.3 is 10.1 Å². The minimum absolute atomic E-state index is 0.0127. The summed E-state index contributed by atoms with van der Waals surface area (Å²) >= 11 is 5.87. The van der Waals surface area contributed by atoms with Crippen molar-refractivity contribution in [1.29, 1.82) is 0 Å². The highest BCUT2D eigenvalue weighted by Gasteiger charge is 2.22. The van der Waals surface area contributed by atoms with Gasteiger partial charge in [-0.1, -0.05) is 35.9 Å². The van der Waals surface area contributed by atoms with E-state index >= 15 is 0 Å². The molecule has 3 aromatic carbocycles. The van der Waals surface area contributed by atoms with Crippen LogP contribution < -0.4 is 14.2 Å². The average molecular weight is 458 g/mol. The first-order valence-electron chi connectivity index (χ1n) is 9.81. The summed E-state index contributed by atoms with van der Waals surface area (Å²) in [4.78, 5) is 0.0127. The van der Waals surface area contributed by atoms with Crippen LogP contribution in [0.4, 0.5) is 5.69 Å². The van der Waals surface area contributed by atoms with Crippen molar-refractivity contribution in [2.24, 2.45) is 0 Å². The third kappa shape index (κ3) is 6.03. The van der Waals surface area contributed by atoms with Crippen molar-refractivity contribution in [3.63, 3.8) is 0 Å². The van der Waals surface area contributed by atoms with Crippen molar-refractivity contribution in [1.82, 2.24) is 0 Å². The molecule has 0 fully saturated rings. The maximum Gasteiger partial charge on any atom is 0.339 e. The van der Waals surface area contributed by atoms with Gasteiger partial charge in [0.05, 0.1) is 6.61 Å². The highest BCUT2D eigenvalue weighted by molar-refractivity contribution is 7.87. The Balaban J connectivity index is 1.95. The Labute approximate surface area is 188 Å². The summed E-state index contributed by atoms with van der Waals surface area (Å²) in [5.41, 5.74) is 2.58. The summed E-state index contributed by atoms with van der Waals surface area (Å²) in [6.07, 6.45) is 2.12. The van der Waals surface area contributed by atoms with Crippen LogP contribution in [0.1, 0.15) is 18.1 Å². The predicted molar refractivity (Wildman–Crippen MR) is 125 cm³/mol. The van der Waals surface area contributed by atoms with Crippen LogP contribution in [0.2, 0.25) is 5.02 Å². The first-order chi connectivity index (χ1) is 14.9. The Bertz CT molecular complexity index is 1130. The first kappa shape index (κ1) is 22.7. The van der Waals surface area contributed by atoms with Crippen LogP contribution in [0.3, 0.4) is 0 Å². The van der Waals surface area contributed by atoms with Gasteiger partial charge in [0.25, 0.3) is 0 Å². The number of hydrogen-bond acceptors (Lipinski definition) is 5. The van der Waals surface area contributed by atoms with E-state index in [1.807, 2.05) is 43.3 Å². The van der Waals surface area contributed by atoms with Crippen LogP contribution >= 0.6 is 11.6 Å². The lowest BCUT2D eigenvalue weighted by atomic mass is 10.1. The van der Waals surface area contributed by atoms with Crippen LogP contribution in [0.25, 0.3) is 0 Å². The molecule has 0 unspecified atom stereocenters. The number of rotatable bonds is 10. The maximum atomic E-state index is 12.9. The molecule has 0 atom stereocenters. The van der Waals surface area contributed by atoms with Crippen molar-refractivity contribution >= 4 is 27.4 Å². The monoisotopic (exact) mass is 457 g/mol.